The molecular formula is C35H42N6O4. The van der Waals surface area contributed by atoms with Gasteiger partial charge in [0.15, 0.2) is 0 Å². The van der Waals surface area contributed by atoms with Crippen molar-refractivity contribution in [3.05, 3.63) is 89.6 Å². The van der Waals surface area contributed by atoms with Crippen molar-refractivity contribution in [1.82, 2.24) is 14.9 Å². The van der Waals surface area contributed by atoms with Gasteiger partial charge in [-0.3, -0.25) is 9.80 Å². The minimum absolute atomic E-state index is 0.122. The highest BCUT2D eigenvalue weighted by molar-refractivity contribution is 5.88. The first-order chi connectivity index (χ1) is 21.7. The van der Waals surface area contributed by atoms with E-state index in [1.807, 2.05) is 62.4 Å². The molecular weight excluding hydrogens is 568 g/mol. The topological polar surface area (TPSA) is 92.3 Å². The van der Waals surface area contributed by atoms with E-state index < -0.39 is 6.09 Å². The van der Waals surface area contributed by atoms with Gasteiger partial charge in [0.2, 0.25) is 5.95 Å². The van der Waals surface area contributed by atoms with E-state index in [0.29, 0.717) is 41.1 Å². The van der Waals surface area contributed by atoms with E-state index in [0.717, 1.165) is 35.5 Å². The highest BCUT2D eigenvalue weighted by Crippen LogP contribution is 2.30. The maximum atomic E-state index is 13.8. The molecule has 1 fully saturated rings. The van der Waals surface area contributed by atoms with Crippen LogP contribution < -0.4 is 29.3 Å². The Labute approximate surface area is 265 Å². The van der Waals surface area contributed by atoms with Crippen LogP contribution in [0.3, 0.4) is 0 Å². The standard InChI is InChI=1S/C35H42N6O4/c1-23-9-8-10-24(2)33(23)45-35(42)41(22-27-19-30(43-6)15-16-31(27)44-7)32-17-18-36-34(38-32)37-28-11-13-29(14-12-28)40-20-25(3)39(5)26(4)21-40/h8-19,25-26H,20-22H2,1-7H3,(H,36,37,38). The van der Waals surface area contributed by atoms with Crippen LogP contribution in [0.4, 0.5) is 27.9 Å². The van der Waals surface area contributed by atoms with Crippen LogP contribution in [-0.2, 0) is 6.54 Å². The Hall–Kier alpha value is -4.83. The fourth-order valence-corrected chi connectivity index (χ4v) is 5.58. The molecule has 1 aliphatic rings. The molecule has 1 amide bonds. The number of hydrogen-bond donors (Lipinski definition) is 1. The van der Waals surface area contributed by atoms with Crippen LogP contribution in [0.1, 0.15) is 30.5 Å². The van der Waals surface area contributed by atoms with Gasteiger partial charge >= 0.3 is 6.09 Å². The number of benzene rings is 3. The molecule has 1 aromatic heterocycles. The first-order valence-electron chi connectivity index (χ1n) is 15.1. The minimum Gasteiger partial charge on any atom is -0.497 e. The lowest BCUT2D eigenvalue weighted by atomic mass is 10.1. The van der Waals surface area contributed by atoms with Gasteiger partial charge in [-0.15, -0.1) is 0 Å². The predicted molar refractivity (Wildman–Crippen MR) is 178 cm³/mol. The number of ether oxygens (including phenoxy) is 3. The van der Waals surface area contributed by atoms with Crippen molar-refractivity contribution < 1.29 is 19.0 Å². The highest BCUT2D eigenvalue weighted by atomic mass is 16.6. The molecule has 1 aliphatic heterocycles. The number of nitrogens with one attached hydrogen (secondary N) is 1. The molecule has 4 aromatic rings. The third kappa shape index (κ3) is 7.29. The van der Waals surface area contributed by atoms with E-state index in [-0.39, 0.29) is 6.54 Å². The SMILES string of the molecule is COc1ccc(OC)c(CN(C(=O)Oc2c(C)cccc2C)c2ccnc(Nc3ccc(N4CC(C)N(C)C(C)C4)cc3)n2)c1. The average Bonchev–Trinajstić information content (AvgIpc) is 3.04. The van der Waals surface area contributed by atoms with Crippen LogP contribution in [0.15, 0.2) is 72.9 Å². The summed E-state index contributed by atoms with van der Waals surface area (Å²) >= 11 is 0. The molecule has 0 radical (unpaired) electrons. The average molecular weight is 611 g/mol. The van der Waals surface area contributed by atoms with Gasteiger partial charge in [0, 0.05) is 48.3 Å². The van der Waals surface area contributed by atoms with Crippen LogP contribution in [0, 0.1) is 13.8 Å². The van der Waals surface area contributed by atoms with Gasteiger partial charge in [0.1, 0.15) is 23.1 Å². The lowest BCUT2D eigenvalue weighted by molar-refractivity contribution is 0.170. The Kier molecular flexibility index (Phi) is 9.73. The molecule has 0 bridgehead atoms. The Morgan fingerprint density at radius 3 is 2.29 bits per heavy atom. The lowest BCUT2D eigenvalue weighted by Crippen LogP contribution is -2.55. The molecule has 1 saturated heterocycles. The van der Waals surface area contributed by atoms with Gasteiger partial charge in [0.25, 0.3) is 0 Å². The molecule has 0 saturated carbocycles. The van der Waals surface area contributed by atoms with Gasteiger partial charge in [-0.2, -0.15) is 4.98 Å². The van der Waals surface area contributed by atoms with Crippen molar-refractivity contribution >= 4 is 29.2 Å². The van der Waals surface area contributed by atoms with E-state index in [9.17, 15) is 4.79 Å². The number of rotatable bonds is 9. The maximum absolute atomic E-state index is 13.8. The fraction of sp³-hybridized carbons (Fsp3) is 0.343. The zero-order valence-electron chi connectivity index (χ0n) is 27.1. The first-order valence-corrected chi connectivity index (χ1v) is 15.1. The molecule has 3 aromatic carbocycles. The number of nitrogens with zero attached hydrogens (tertiary/aromatic N) is 5. The molecule has 2 unspecified atom stereocenters. The number of amides is 1. The second kappa shape index (κ2) is 13.9. The number of aryl methyl sites for hydroxylation is 2. The highest BCUT2D eigenvalue weighted by Gasteiger charge is 2.27. The van der Waals surface area contributed by atoms with Crippen LogP contribution >= 0.6 is 0 Å². The second-order valence-corrected chi connectivity index (χ2v) is 11.5. The number of methoxy groups -OCH3 is 2. The summed E-state index contributed by atoms with van der Waals surface area (Å²) in [5.41, 5.74) is 4.46. The number of hydrogen-bond acceptors (Lipinski definition) is 9. The second-order valence-electron chi connectivity index (χ2n) is 11.5. The van der Waals surface area contributed by atoms with Crippen molar-refractivity contribution in [1.29, 1.82) is 0 Å². The van der Waals surface area contributed by atoms with Gasteiger partial charge in [-0.25, -0.2) is 9.78 Å². The number of carbonyl (C=O) groups excluding carboxylic acids is 1. The largest absolute Gasteiger partial charge is 0.497 e. The molecule has 236 valence electrons. The van der Waals surface area contributed by atoms with Crippen molar-refractivity contribution in [2.45, 2.75) is 46.3 Å². The number of para-hydroxylation sites is 1. The summed E-state index contributed by atoms with van der Waals surface area (Å²) in [4.78, 5) is 29.3. The molecule has 45 heavy (non-hydrogen) atoms. The zero-order chi connectivity index (χ0) is 32.1. The maximum Gasteiger partial charge on any atom is 0.421 e. The van der Waals surface area contributed by atoms with Crippen LogP contribution in [0.5, 0.6) is 17.2 Å². The summed E-state index contributed by atoms with van der Waals surface area (Å²) < 4.78 is 17.0. The van der Waals surface area contributed by atoms with E-state index >= 15 is 0 Å². The molecule has 2 atom stereocenters. The number of aromatic nitrogens is 2. The van der Waals surface area contributed by atoms with Gasteiger partial charge in [-0.05, 0) is 94.4 Å². The van der Waals surface area contributed by atoms with Crippen molar-refractivity contribution in [3.8, 4) is 17.2 Å². The van der Waals surface area contributed by atoms with Crippen molar-refractivity contribution in [2.75, 3.05) is 49.5 Å². The Bertz CT molecular complexity index is 1600. The summed E-state index contributed by atoms with van der Waals surface area (Å²) in [5.74, 6) is 2.48. The summed E-state index contributed by atoms with van der Waals surface area (Å²) in [5, 5.41) is 3.29. The number of piperazine rings is 1. The number of carbonyl (C=O) groups is 1. The van der Waals surface area contributed by atoms with Gasteiger partial charge in [0.05, 0.1) is 20.8 Å². The van der Waals surface area contributed by atoms with E-state index in [1.165, 1.54) is 10.6 Å². The van der Waals surface area contributed by atoms with Crippen molar-refractivity contribution in [3.63, 3.8) is 0 Å². The molecule has 10 heteroatoms. The molecule has 0 spiro atoms. The first kappa shape index (κ1) is 31.6. The number of anilines is 4. The van der Waals surface area contributed by atoms with Crippen molar-refractivity contribution in [2.24, 2.45) is 0 Å². The number of likely N-dealkylation sites (N-methyl/N-ethyl adjacent to an activating group) is 1. The predicted octanol–water partition coefficient (Wildman–Crippen LogP) is 6.59. The fourth-order valence-electron chi connectivity index (χ4n) is 5.58. The normalized spacial score (nSPS) is 16.6. The van der Waals surface area contributed by atoms with Gasteiger partial charge in [-0.1, -0.05) is 18.2 Å². The monoisotopic (exact) mass is 610 g/mol. The quantitative estimate of drug-likeness (QED) is 0.225. The third-order valence-corrected chi connectivity index (χ3v) is 8.40. The Balaban J connectivity index is 1.41. The summed E-state index contributed by atoms with van der Waals surface area (Å²) in [7, 11) is 5.37. The summed E-state index contributed by atoms with van der Waals surface area (Å²) in [6.07, 6.45) is 1.04. The van der Waals surface area contributed by atoms with Gasteiger partial charge < -0.3 is 24.4 Å². The molecule has 10 nitrogen and oxygen atoms in total. The Morgan fingerprint density at radius 1 is 0.956 bits per heavy atom. The molecule has 1 N–H and O–H groups in total. The third-order valence-electron chi connectivity index (χ3n) is 8.40. The molecule has 5 rings (SSSR count). The summed E-state index contributed by atoms with van der Waals surface area (Å²) in [6.45, 7) is 10.4. The zero-order valence-corrected chi connectivity index (χ0v) is 27.1. The minimum atomic E-state index is -0.582. The van der Waals surface area contributed by atoms with E-state index in [1.54, 1.807) is 26.5 Å². The van der Waals surface area contributed by atoms with Crippen LogP contribution in [-0.4, -0.2) is 67.4 Å². The summed E-state index contributed by atoms with van der Waals surface area (Å²) in [6, 6.07) is 22.1. The molecule has 2 heterocycles. The molecule has 0 aliphatic carbocycles. The van der Waals surface area contributed by atoms with E-state index in [4.69, 9.17) is 19.2 Å². The lowest BCUT2D eigenvalue weighted by Gasteiger charge is -2.43. The Morgan fingerprint density at radius 2 is 1.64 bits per heavy atom. The van der Waals surface area contributed by atoms with Crippen LogP contribution in [0.25, 0.3) is 0 Å². The smallest absolute Gasteiger partial charge is 0.421 e. The van der Waals surface area contributed by atoms with E-state index in [2.05, 4.69) is 53.1 Å². The van der Waals surface area contributed by atoms with Crippen LogP contribution in [0.2, 0.25) is 0 Å².